The highest BCUT2D eigenvalue weighted by Gasteiger charge is 2.06. The van der Waals surface area contributed by atoms with Gasteiger partial charge >= 0.3 is 0 Å². The summed E-state index contributed by atoms with van der Waals surface area (Å²) in [6, 6.07) is 5.57. The van der Waals surface area contributed by atoms with Crippen molar-refractivity contribution in [3.8, 4) is 5.75 Å². The zero-order valence-corrected chi connectivity index (χ0v) is 10.7. The molecule has 3 N–H and O–H groups in total. The Kier molecular flexibility index (Phi) is 5.98. The normalized spacial score (nSPS) is 12.5. The van der Waals surface area contributed by atoms with E-state index in [0.717, 1.165) is 4.90 Å². The van der Waals surface area contributed by atoms with Gasteiger partial charge < -0.3 is 15.6 Å². The molecule has 5 heteroatoms. The largest absolute Gasteiger partial charge is 0.495 e. The Morgan fingerprint density at radius 3 is 2.88 bits per heavy atom. The van der Waals surface area contributed by atoms with Crippen LogP contribution in [0.1, 0.15) is 6.42 Å². The standard InChI is InChI=1S/C11H16ClNO2S/c1-15-11-3-2-9(6-10(11)12)16-7-8(14)4-5-13/h2-3,6,8,14H,4-5,7,13H2,1H3. The van der Waals surface area contributed by atoms with Crippen molar-refractivity contribution in [2.24, 2.45) is 5.73 Å². The first-order valence-corrected chi connectivity index (χ1v) is 6.38. The summed E-state index contributed by atoms with van der Waals surface area (Å²) in [5.41, 5.74) is 5.35. The van der Waals surface area contributed by atoms with Crippen LogP contribution in [-0.2, 0) is 0 Å². The lowest BCUT2D eigenvalue weighted by Gasteiger charge is -2.09. The molecule has 0 aliphatic heterocycles. The molecule has 1 aromatic rings. The lowest BCUT2D eigenvalue weighted by molar-refractivity contribution is 0.192. The van der Waals surface area contributed by atoms with Crippen LogP contribution in [0.2, 0.25) is 5.02 Å². The number of rotatable bonds is 6. The second-order valence-corrected chi connectivity index (χ2v) is 4.84. The van der Waals surface area contributed by atoms with E-state index in [9.17, 15) is 5.11 Å². The van der Waals surface area contributed by atoms with Gasteiger partial charge in [-0.2, -0.15) is 0 Å². The van der Waals surface area contributed by atoms with Crippen molar-refractivity contribution in [3.63, 3.8) is 0 Å². The van der Waals surface area contributed by atoms with Crippen molar-refractivity contribution in [3.05, 3.63) is 23.2 Å². The number of hydrogen-bond acceptors (Lipinski definition) is 4. The van der Waals surface area contributed by atoms with E-state index in [-0.39, 0.29) is 6.10 Å². The number of nitrogens with two attached hydrogens (primary N) is 1. The van der Waals surface area contributed by atoms with Gasteiger partial charge in [-0.15, -0.1) is 11.8 Å². The minimum Gasteiger partial charge on any atom is -0.495 e. The molecule has 0 fully saturated rings. The molecule has 1 atom stereocenters. The quantitative estimate of drug-likeness (QED) is 0.771. The third-order valence-electron chi connectivity index (χ3n) is 2.07. The fourth-order valence-corrected chi connectivity index (χ4v) is 2.44. The molecular formula is C11H16ClNO2S. The molecule has 0 aliphatic carbocycles. The van der Waals surface area contributed by atoms with Crippen LogP contribution in [0.25, 0.3) is 0 Å². The lowest BCUT2D eigenvalue weighted by atomic mass is 10.3. The van der Waals surface area contributed by atoms with Crippen LogP contribution in [0.3, 0.4) is 0 Å². The van der Waals surface area contributed by atoms with E-state index in [4.69, 9.17) is 22.1 Å². The molecule has 0 spiro atoms. The summed E-state index contributed by atoms with van der Waals surface area (Å²) in [5, 5.41) is 10.1. The van der Waals surface area contributed by atoms with Crippen LogP contribution in [-0.4, -0.2) is 30.6 Å². The second-order valence-electron chi connectivity index (χ2n) is 3.34. The van der Waals surface area contributed by atoms with Crippen LogP contribution < -0.4 is 10.5 Å². The average Bonchev–Trinajstić information content (AvgIpc) is 2.27. The molecule has 0 radical (unpaired) electrons. The second kappa shape index (κ2) is 7.01. The Hall–Kier alpha value is -0.420. The van der Waals surface area contributed by atoms with E-state index in [1.165, 1.54) is 0 Å². The molecular weight excluding hydrogens is 246 g/mol. The van der Waals surface area contributed by atoms with Crippen molar-refractivity contribution in [1.82, 2.24) is 0 Å². The first-order chi connectivity index (χ1) is 7.67. The lowest BCUT2D eigenvalue weighted by Crippen LogP contribution is -2.15. The van der Waals surface area contributed by atoms with Gasteiger partial charge in [-0.25, -0.2) is 0 Å². The van der Waals surface area contributed by atoms with Crippen LogP contribution in [0.15, 0.2) is 23.1 Å². The Balaban J connectivity index is 2.51. The molecule has 16 heavy (non-hydrogen) atoms. The molecule has 90 valence electrons. The minimum atomic E-state index is -0.365. The number of hydrogen-bond donors (Lipinski definition) is 2. The predicted octanol–water partition coefficient (Wildman–Crippen LogP) is 2.15. The van der Waals surface area contributed by atoms with Gasteiger partial charge in [-0.1, -0.05) is 11.6 Å². The highest BCUT2D eigenvalue weighted by Crippen LogP contribution is 2.29. The first-order valence-electron chi connectivity index (χ1n) is 5.02. The average molecular weight is 262 g/mol. The van der Waals surface area contributed by atoms with E-state index < -0.39 is 0 Å². The van der Waals surface area contributed by atoms with Crippen molar-refractivity contribution in [2.45, 2.75) is 17.4 Å². The van der Waals surface area contributed by atoms with E-state index in [2.05, 4.69) is 0 Å². The third-order valence-corrected chi connectivity index (χ3v) is 3.50. The summed E-state index contributed by atoms with van der Waals surface area (Å²) in [6.07, 6.45) is 0.257. The van der Waals surface area contributed by atoms with Gasteiger partial charge in [0.15, 0.2) is 0 Å². The van der Waals surface area contributed by atoms with Crippen molar-refractivity contribution < 1.29 is 9.84 Å². The highest BCUT2D eigenvalue weighted by molar-refractivity contribution is 7.99. The highest BCUT2D eigenvalue weighted by atomic mass is 35.5. The Bertz CT molecular complexity index is 336. The van der Waals surface area contributed by atoms with Crippen LogP contribution >= 0.6 is 23.4 Å². The van der Waals surface area contributed by atoms with Gasteiger partial charge in [0.1, 0.15) is 5.75 Å². The smallest absolute Gasteiger partial charge is 0.137 e. The summed E-state index contributed by atoms with van der Waals surface area (Å²) in [5.74, 6) is 1.29. The maximum absolute atomic E-state index is 9.52. The third kappa shape index (κ3) is 4.22. The Morgan fingerprint density at radius 2 is 2.31 bits per heavy atom. The van der Waals surface area contributed by atoms with Crippen LogP contribution in [0.5, 0.6) is 5.75 Å². The maximum Gasteiger partial charge on any atom is 0.137 e. The summed E-state index contributed by atoms with van der Waals surface area (Å²) < 4.78 is 5.06. The monoisotopic (exact) mass is 261 g/mol. The van der Waals surface area contributed by atoms with E-state index in [0.29, 0.717) is 29.5 Å². The van der Waals surface area contributed by atoms with E-state index in [1.54, 1.807) is 18.9 Å². The molecule has 1 unspecified atom stereocenters. The molecule has 0 saturated heterocycles. The van der Waals surface area contributed by atoms with Crippen molar-refractivity contribution >= 4 is 23.4 Å². The molecule has 3 nitrogen and oxygen atoms in total. The molecule has 0 saturated carbocycles. The number of thioether (sulfide) groups is 1. The molecule has 0 aromatic heterocycles. The topological polar surface area (TPSA) is 55.5 Å². The summed E-state index contributed by atoms with van der Waals surface area (Å²) in [6.45, 7) is 0.505. The number of aliphatic hydroxyl groups is 1. The number of ether oxygens (including phenoxy) is 1. The van der Waals surface area contributed by atoms with E-state index in [1.807, 2.05) is 18.2 Å². The van der Waals surface area contributed by atoms with Crippen molar-refractivity contribution in [2.75, 3.05) is 19.4 Å². The molecule has 0 amide bonds. The maximum atomic E-state index is 9.52. The van der Waals surface area contributed by atoms with Gasteiger partial charge in [0.2, 0.25) is 0 Å². The van der Waals surface area contributed by atoms with Gasteiger partial charge in [-0.05, 0) is 31.2 Å². The molecule has 0 heterocycles. The summed E-state index contributed by atoms with van der Waals surface area (Å²) in [4.78, 5) is 1.02. The fraction of sp³-hybridized carbons (Fsp3) is 0.455. The summed E-state index contributed by atoms with van der Waals surface area (Å²) in [7, 11) is 1.58. The molecule has 1 rings (SSSR count). The van der Waals surface area contributed by atoms with Crippen LogP contribution in [0.4, 0.5) is 0 Å². The van der Waals surface area contributed by atoms with Gasteiger partial charge in [0, 0.05) is 10.6 Å². The zero-order chi connectivity index (χ0) is 12.0. The number of methoxy groups -OCH3 is 1. The predicted molar refractivity (Wildman–Crippen MR) is 68.4 cm³/mol. The van der Waals surface area contributed by atoms with Gasteiger partial charge in [0.05, 0.1) is 18.2 Å². The number of benzene rings is 1. The number of halogens is 1. The van der Waals surface area contributed by atoms with Crippen molar-refractivity contribution in [1.29, 1.82) is 0 Å². The Morgan fingerprint density at radius 1 is 1.56 bits per heavy atom. The molecule has 0 bridgehead atoms. The number of aliphatic hydroxyl groups excluding tert-OH is 1. The van der Waals surface area contributed by atoms with E-state index >= 15 is 0 Å². The van der Waals surface area contributed by atoms with Gasteiger partial charge in [0.25, 0.3) is 0 Å². The summed E-state index contributed by atoms with van der Waals surface area (Å²) >= 11 is 7.54. The molecule has 0 aliphatic rings. The van der Waals surface area contributed by atoms with Crippen LogP contribution in [0, 0.1) is 0 Å². The SMILES string of the molecule is COc1ccc(SCC(O)CCN)cc1Cl. The minimum absolute atomic E-state index is 0.365. The Labute approximate surface area is 105 Å². The van der Waals surface area contributed by atoms with Gasteiger partial charge in [-0.3, -0.25) is 0 Å². The first kappa shape index (κ1) is 13.6. The zero-order valence-electron chi connectivity index (χ0n) is 9.15. The molecule has 1 aromatic carbocycles. The fourth-order valence-electron chi connectivity index (χ4n) is 1.21.